The molecule has 3 rings (SSSR count). The third-order valence-electron chi connectivity index (χ3n) is 3.37. The number of alkyl halides is 3. The minimum atomic E-state index is -4.53. The molecule has 3 aromatic rings. The number of aromatic nitrogens is 4. The van der Waals surface area contributed by atoms with Crippen molar-refractivity contribution in [3.05, 3.63) is 58.1 Å². The lowest BCUT2D eigenvalue weighted by Crippen LogP contribution is -2.15. The average molecular weight is 414 g/mol. The van der Waals surface area contributed by atoms with Crippen molar-refractivity contribution in [2.75, 3.05) is 5.32 Å². The molecule has 130 valence electrons. The van der Waals surface area contributed by atoms with Gasteiger partial charge in [0.05, 0.1) is 16.4 Å². The van der Waals surface area contributed by atoms with E-state index in [2.05, 4.69) is 36.5 Å². The first-order valence-electron chi connectivity index (χ1n) is 7.01. The Morgan fingerprint density at radius 1 is 1.32 bits per heavy atom. The van der Waals surface area contributed by atoms with Gasteiger partial charge in [0.2, 0.25) is 0 Å². The number of nitrogens with zero attached hydrogens (tertiary/aromatic N) is 3. The molecule has 1 aromatic carbocycles. The van der Waals surface area contributed by atoms with Gasteiger partial charge in [0.25, 0.3) is 5.91 Å². The zero-order valence-corrected chi connectivity index (χ0v) is 14.3. The number of hydrogen-bond acceptors (Lipinski definition) is 3. The highest BCUT2D eigenvalue weighted by Gasteiger charge is 2.35. The molecular formula is C15H11BrF3N5O. The van der Waals surface area contributed by atoms with Crippen molar-refractivity contribution in [3.8, 4) is 5.69 Å². The number of halogens is 4. The van der Waals surface area contributed by atoms with Gasteiger partial charge in [0.15, 0.2) is 5.69 Å². The van der Waals surface area contributed by atoms with Crippen LogP contribution in [0.3, 0.4) is 0 Å². The quantitative estimate of drug-likeness (QED) is 0.682. The molecule has 0 aliphatic rings. The predicted molar refractivity (Wildman–Crippen MR) is 87.5 cm³/mol. The number of anilines is 1. The van der Waals surface area contributed by atoms with Gasteiger partial charge in [-0.15, -0.1) is 0 Å². The third-order valence-corrected chi connectivity index (χ3v) is 4.34. The van der Waals surface area contributed by atoms with E-state index in [1.807, 2.05) is 0 Å². The minimum absolute atomic E-state index is 0.151. The number of hydrogen-bond donors (Lipinski definition) is 2. The fourth-order valence-electron chi connectivity index (χ4n) is 2.20. The maximum atomic E-state index is 13.0. The van der Waals surface area contributed by atoms with E-state index in [1.54, 1.807) is 13.0 Å². The summed E-state index contributed by atoms with van der Waals surface area (Å²) in [4.78, 5) is 12.2. The Morgan fingerprint density at radius 2 is 2.08 bits per heavy atom. The van der Waals surface area contributed by atoms with Crippen LogP contribution in [0.25, 0.3) is 5.69 Å². The van der Waals surface area contributed by atoms with Crippen LogP contribution < -0.4 is 5.32 Å². The predicted octanol–water partition coefficient (Wildman–Crippen LogP) is 3.94. The van der Waals surface area contributed by atoms with Gasteiger partial charge in [-0.2, -0.15) is 23.4 Å². The second-order valence-electron chi connectivity index (χ2n) is 5.14. The Balaban J connectivity index is 1.89. The number of benzene rings is 1. The molecular weight excluding hydrogens is 403 g/mol. The fourth-order valence-corrected chi connectivity index (χ4v) is 2.55. The van der Waals surface area contributed by atoms with Crippen LogP contribution in [0.5, 0.6) is 0 Å². The van der Waals surface area contributed by atoms with Crippen molar-refractivity contribution >= 4 is 27.5 Å². The summed E-state index contributed by atoms with van der Waals surface area (Å²) in [5, 5.41) is 12.9. The van der Waals surface area contributed by atoms with Gasteiger partial charge < -0.3 is 5.32 Å². The summed E-state index contributed by atoms with van der Waals surface area (Å²) in [5.41, 5.74) is 0.427. The molecule has 2 N–H and O–H groups in total. The lowest BCUT2D eigenvalue weighted by molar-refractivity contribution is -0.142. The summed E-state index contributed by atoms with van der Waals surface area (Å²) in [5.74, 6) is -0.495. The first-order chi connectivity index (χ1) is 11.8. The van der Waals surface area contributed by atoms with Crippen LogP contribution in [-0.4, -0.2) is 25.9 Å². The lowest BCUT2D eigenvalue weighted by atomic mass is 10.2. The van der Waals surface area contributed by atoms with Gasteiger partial charge in [0.1, 0.15) is 5.69 Å². The zero-order valence-electron chi connectivity index (χ0n) is 12.7. The van der Waals surface area contributed by atoms with E-state index in [1.165, 1.54) is 18.2 Å². The highest BCUT2D eigenvalue weighted by Crippen LogP contribution is 2.31. The van der Waals surface area contributed by atoms with Crippen LogP contribution in [0, 0.1) is 6.92 Å². The first-order valence-corrected chi connectivity index (χ1v) is 7.80. The Morgan fingerprint density at radius 3 is 2.72 bits per heavy atom. The maximum absolute atomic E-state index is 13.0. The normalized spacial score (nSPS) is 11.6. The molecule has 2 aromatic heterocycles. The Bertz CT molecular complexity index is 931. The minimum Gasteiger partial charge on any atom is -0.320 e. The highest BCUT2D eigenvalue weighted by molar-refractivity contribution is 9.10. The molecule has 0 atom stereocenters. The van der Waals surface area contributed by atoms with E-state index < -0.39 is 17.8 Å². The molecule has 0 spiro atoms. The third kappa shape index (κ3) is 3.43. The maximum Gasteiger partial charge on any atom is 0.433 e. The zero-order chi connectivity index (χ0) is 18.2. The van der Waals surface area contributed by atoms with E-state index in [-0.39, 0.29) is 11.4 Å². The summed E-state index contributed by atoms with van der Waals surface area (Å²) in [6.07, 6.45) is -3.47. The van der Waals surface area contributed by atoms with Gasteiger partial charge in [0, 0.05) is 11.4 Å². The van der Waals surface area contributed by atoms with Gasteiger partial charge in [-0.25, -0.2) is 4.68 Å². The smallest absolute Gasteiger partial charge is 0.320 e. The fraction of sp³-hybridized carbons (Fsp3) is 0.133. The number of carbonyl (C=O) groups excluding carboxylic acids is 1. The van der Waals surface area contributed by atoms with E-state index in [4.69, 9.17) is 0 Å². The van der Waals surface area contributed by atoms with Crippen molar-refractivity contribution in [1.29, 1.82) is 0 Å². The van der Waals surface area contributed by atoms with Crippen molar-refractivity contribution in [1.82, 2.24) is 20.0 Å². The summed E-state index contributed by atoms with van der Waals surface area (Å²) in [6, 6.07) is 6.83. The second-order valence-corrected chi connectivity index (χ2v) is 5.93. The molecule has 1 amide bonds. The number of amides is 1. The molecule has 0 radical (unpaired) electrons. The lowest BCUT2D eigenvalue weighted by Gasteiger charge is -2.11. The average Bonchev–Trinajstić information content (AvgIpc) is 3.15. The highest BCUT2D eigenvalue weighted by atomic mass is 79.9. The molecule has 2 heterocycles. The summed E-state index contributed by atoms with van der Waals surface area (Å²) in [7, 11) is 0. The van der Waals surface area contributed by atoms with Crippen molar-refractivity contribution in [2.45, 2.75) is 13.1 Å². The van der Waals surface area contributed by atoms with Gasteiger partial charge >= 0.3 is 6.18 Å². The van der Waals surface area contributed by atoms with Gasteiger partial charge in [-0.1, -0.05) is 6.07 Å². The van der Waals surface area contributed by atoms with Crippen molar-refractivity contribution in [2.24, 2.45) is 0 Å². The van der Waals surface area contributed by atoms with Crippen LogP contribution in [0.4, 0.5) is 18.9 Å². The molecule has 0 fully saturated rings. The largest absolute Gasteiger partial charge is 0.433 e. The van der Waals surface area contributed by atoms with E-state index in [0.29, 0.717) is 15.9 Å². The monoisotopic (exact) mass is 413 g/mol. The molecule has 0 bridgehead atoms. The number of aryl methyl sites for hydroxylation is 1. The number of aromatic amines is 1. The summed E-state index contributed by atoms with van der Waals surface area (Å²) in [6.45, 7) is 1.74. The molecule has 0 unspecified atom stereocenters. The molecule has 0 aliphatic heterocycles. The second kappa shape index (κ2) is 6.36. The molecule has 25 heavy (non-hydrogen) atoms. The van der Waals surface area contributed by atoms with E-state index in [0.717, 1.165) is 16.9 Å². The molecule has 6 nitrogen and oxygen atoms in total. The number of nitrogens with one attached hydrogen (secondary N) is 2. The van der Waals surface area contributed by atoms with Gasteiger partial charge in [-0.3, -0.25) is 9.89 Å². The summed E-state index contributed by atoms with van der Waals surface area (Å²) >= 11 is 3.25. The molecule has 0 saturated carbocycles. The van der Waals surface area contributed by atoms with Crippen molar-refractivity contribution < 1.29 is 18.0 Å². The van der Waals surface area contributed by atoms with E-state index in [9.17, 15) is 18.0 Å². The standard InChI is InChI=1S/C15H11BrF3N5O/c1-8-12(16)13(23-22-8)14(25)21-9-3-2-4-10(7-9)24-11(5-6-20-24)15(17,18)19/h2-7H,1H3,(H,21,25)(H,22,23). The Hall–Kier alpha value is -2.62. The van der Waals surface area contributed by atoms with Gasteiger partial charge in [-0.05, 0) is 47.1 Å². The van der Waals surface area contributed by atoms with E-state index >= 15 is 0 Å². The van der Waals surface area contributed by atoms with Crippen LogP contribution in [0.1, 0.15) is 21.9 Å². The molecule has 0 saturated heterocycles. The summed E-state index contributed by atoms with van der Waals surface area (Å²) < 4.78 is 40.3. The first kappa shape index (κ1) is 17.2. The van der Waals surface area contributed by atoms with Crippen LogP contribution in [0.2, 0.25) is 0 Å². The molecule has 10 heteroatoms. The number of carbonyl (C=O) groups is 1. The van der Waals surface area contributed by atoms with Crippen LogP contribution in [-0.2, 0) is 6.18 Å². The van der Waals surface area contributed by atoms with Crippen LogP contribution in [0.15, 0.2) is 41.0 Å². The topological polar surface area (TPSA) is 75.6 Å². The van der Waals surface area contributed by atoms with Crippen LogP contribution >= 0.6 is 15.9 Å². The molecule has 0 aliphatic carbocycles. The SMILES string of the molecule is Cc1[nH]nc(C(=O)Nc2cccc(-n3nccc3C(F)(F)F)c2)c1Br. The number of rotatable bonds is 3. The van der Waals surface area contributed by atoms with Crippen molar-refractivity contribution in [3.63, 3.8) is 0 Å². The Kier molecular flexibility index (Phi) is 4.38. The Labute approximate surface area is 148 Å². The number of H-pyrrole nitrogens is 1.